The molecule has 0 amide bonds. The van der Waals surface area contributed by atoms with Gasteiger partial charge in [0.1, 0.15) is 18.0 Å². The van der Waals surface area contributed by atoms with Crippen LogP contribution in [-0.4, -0.2) is 30.5 Å². The van der Waals surface area contributed by atoms with Crippen molar-refractivity contribution in [3.05, 3.63) is 39.6 Å². The van der Waals surface area contributed by atoms with Gasteiger partial charge < -0.3 is 14.2 Å². The van der Waals surface area contributed by atoms with Gasteiger partial charge in [-0.05, 0) is 22.0 Å². The van der Waals surface area contributed by atoms with E-state index in [2.05, 4.69) is 25.9 Å². The van der Waals surface area contributed by atoms with Crippen LogP contribution in [0.3, 0.4) is 0 Å². The van der Waals surface area contributed by atoms with Crippen molar-refractivity contribution in [2.75, 3.05) is 14.2 Å². The number of aromatic nitrogens is 2. The van der Waals surface area contributed by atoms with Crippen molar-refractivity contribution in [1.29, 1.82) is 0 Å². The van der Waals surface area contributed by atoms with Crippen LogP contribution in [0.2, 0.25) is 0 Å². The van der Waals surface area contributed by atoms with Gasteiger partial charge in [0.25, 0.3) is 0 Å². The van der Waals surface area contributed by atoms with Crippen molar-refractivity contribution in [3.8, 4) is 17.8 Å². The zero-order valence-electron chi connectivity index (χ0n) is 11.8. The SMILES string of the molecule is COc1nc(OCc2cccc(Br)c2F)nc(OC)c1C=O. The Morgan fingerprint density at radius 1 is 1.23 bits per heavy atom. The third-order valence-electron chi connectivity index (χ3n) is 2.75. The summed E-state index contributed by atoms with van der Waals surface area (Å²) >= 11 is 3.10. The Hall–Kier alpha value is -2.22. The maximum absolute atomic E-state index is 13.9. The molecule has 8 heteroatoms. The van der Waals surface area contributed by atoms with E-state index in [9.17, 15) is 9.18 Å². The monoisotopic (exact) mass is 370 g/mol. The fraction of sp³-hybridized carbons (Fsp3) is 0.214. The van der Waals surface area contributed by atoms with Crippen LogP contribution < -0.4 is 14.2 Å². The fourth-order valence-electron chi connectivity index (χ4n) is 1.69. The predicted octanol–water partition coefficient (Wildman–Crippen LogP) is 2.79. The summed E-state index contributed by atoms with van der Waals surface area (Å²) < 4.78 is 29.5. The highest BCUT2D eigenvalue weighted by Crippen LogP contribution is 2.26. The molecule has 0 saturated heterocycles. The number of halogens is 2. The molecule has 0 aliphatic heterocycles. The highest BCUT2D eigenvalue weighted by Gasteiger charge is 2.17. The Bertz CT molecular complexity index is 672. The van der Waals surface area contributed by atoms with Gasteiger partial charge in [-0.25, -0.2) is 4.39 Å². The second-order valence-corrected chi connectivity index (χ2v) is 4.91. The minimum Gasteiger partial charge on any atom is -0.480 e. The molecule has 0 atom stereocenters. The number of methoxy groups -OCH3 is 2. The second-order valence-electron chi connectivity index (χ2n) is 4.06. The Kier molecular flexibility index (Phi) is 5.26. The number of rotatable bonds is 6. The summed E-state index contributed by atoms with van der Waals surface area (Å²) in [5, 5.41) is 0. The van der Waals surface area contributed by atoms with Crippen LogP contribution in [0, 0.1) is 5.82 Å². The van der Waals surface area contributed by atoms with Crippen molar-refractivity contribution in [2.24, 2.45) is 0 Å². The standard InChI is InChI=1S/C14H12BrFN2O4/c1-20-12-9(6-19)13(21-2)18-14(17-12)22-7-8-4-3-5-10(15)11(8)16/h3-6H,7H2,1-2H3. The quantitative estimate of drug-likeness (QED) is 0.728. The molecule has 0 aliphatic carbocycles. The molecule has 2 rings (SSSR count). The van der Waals surface area contributed by atoms with Crippen LogP contribution in [0.5, 0.6) is 17.8 Å². The van der Waals surface area contributed by atoms with Crippen molar-refractivity contribution < 1.29 is 23.4 Å². The van der Waals surface area contributed by atoms with E-state index in [1.165, 1.54) is 14.2 Å². The van der Waals surface area contributed by atoms with E-state index in [1.54, 1.807) is 18.2 Å². The van der Waals surface area contributed by atoms with Crippen LogP contribution in [-0.2, 0) is 6.61 Å². The molecule has 0 spiro atoms. The lowest BCUT2D eigenvalue weighted by molar-refractivity contribution is 0.111. The number of benzene rings is 1. The van der Waals surface area contributed by atoms with Gasteiger partial charge in [0.2, 0.25) is 11.8 Å². The maximum Gasteiger partial charge on any atom is 0.323 e. The summed E-state index contributed by atoms with van der Waals surface area (Å²) in [5.41, 5.74) is 0.404. The number of aldehydes is 1. The van der Waals surface area contributed by atoms with Crippen LogP contribution in [0.1, 0.15) is 15.9 Å². The van der Waals surface area contributed by atoms with Gasteiger partial charge >= 0.3 is 6.01 Å². The highest BCUT2D eigenvalue weighted by molar-refractivity contribution is 9.10. The third-order valence-corrected chi connectivity index (χ3v) is 3.36. The zero-order chi connectivity index (χ0) is 16.1. The number of hydrogen-bond donors (Lipinski definition) is 0. The molecular weight excluding hydrogens is 359 g/mol. The molecule has 116 valence electrons. The van der Waals surface area contributed by atoms with E-state index in [1.807, 2.05) is 0 Å². The Labute approximate surface area is 134 Å². The van der Waals surface area contributed by atoms with Crippen molar-refractivity contribution in [2.45, 2.75) is 6.61 Å². The lowest BCUT2D eigenvalue weighted by Crippen LogP contribution is -2.06. The topological polar surface area (TPSA) is 70.5 Å². The summed E-state index contributed by atoms with van der Waals surface area (Å²) in [7, 11) is 2.71. The van der Waals surface area contributed by atoms with Crippen molar-refractivity contribution >= 4 is 22.2 Å². The van der Waals surface area contributed by atoms with Gasteiger partial charge in [-0.15, -0.1) is 0 Å². The molecule has 0 radical (unpaired) electrons. The maximum atomic E-state index is 13.9. The fourth-order valence-corrected chi connectivity index (χ4v) is 2.10. The summed E-state index contributed by atoms with van der Waals surface area (Å²) in [6.07, 6.45) is 0.523. The Morgan fingerprint density at radius 3 is 2.41 bits per heavy atom. The van der Waals surface area contributed by atoms with Gasteiger partial charge in [-0.1, -0.05) is 12.1 Å². The van der Waals surface area contributed by atoms with Gasteiger partial charge in [0.15, 0.2) is 6.29 Å². The normalized spacial score (nSPS) is 10.2. The van der Waals surface area contributed by atoms with Crippen LogP contribution in [0.15, 0.2) is 22.7 Å². The van der Waals surface area contributed by atoms with Gasteiger partial charge in [-0.2, -0.15) is 9.97 Å². The number of carbonyl (C=O) groups excluding carboxylic acids is 1. The van der Waals surface area contributed by atoms with Crippen LogP contribution in [0.4, 0.5) is 4.39 Å². The van der Waals surface area contributed by atoms with Crippen LogP contribution in [0.25, 0.3) is 0 Å². The summed E-state index contributed by atoms with van der Waals surface area (Å²) in [4.78, 5) is 18.9. The van der Waals surface area contributed by atoms with E-state index >= 15 is 0 Å². The van der Waals surface area contributed by atoms with E-state index < -0.39 is 5.82 Å². The molecule has 1 heterocycles. The molecule has 22 heavy (non-hydrogen) atoms. The average molecular weight is 371 g/mol. The van der Waals surface area contributed by atoms with Gasteiger partial charge in [0.05, 0.1) is 18.7 Å². The molecule has 2 aromatic rings. The highest BCUT2D eigenvalue weighted by atomic mass is 79.9. The number of hydrogen-bond acceptors (Lipinski definition) is 6. The molecule has 1 aromatic carbocycles. The lowest BCUT2D eigenvalue weighted by Gasteiger charge is -2.10. The number of ether oxygens (including phenoxy) is 3. The molecular formula is C14H12BrFN2O4. The number of nitrogens with zero attached hydrogens (tertiary/aromatic N) is 2. The van der Waals surface area contributed by atoms with Gasteiger partial charge in [-0.3, -0.25) is 4.79 Å². The average Bonchev–Trinajstić information content (AvgIpc) is 2.55. The summed E-state index contributed by atoms with van der Waals surface area (Å²) in [6.45, 7) is -0.0853. The largest absolute Gasteiger partial charge is 0.480 e. The molecule has 0 bridgehead atoms. The third kappa shape index (κ3) is 3.33. The predicted molar refractivity (Wildman–Crippen MR) is 79.0 cm³/mol. The first-order valence-corrected chi connectivity index (χ1v) is 6.90. The van der Waals surface area contributed by atoms with Gasteiger partial charge in [0, 0.05) is 5.56 Å². The van der Waals surface area contributed by atoms with E-state index in [0.29, 0.717) is 16.3 Å². The zero-order valence-corrected chi connectivity index (χ0v) is 13.4. The smallest absolute Gasteiger partial charge is 0.323 e. The van der Waals surface area contributed by atoms with E-state index in [0.717, 1.165) is 0 Å². The first kappa shape index (κ1) is 16.2. The molecule has 1 aromatic heterocycles. The Balaban J connectivity index is 2.26. The van der Waals surface area contributed by atoms with Crippen molar-refractivity contribution in [3.63, 3.8) is 0 Å². The molecule has 0 aliphatic rings. The Morgan fingerprint density at radius 2 is 1.86 bits per heavy atom. The lowest BCUT2D eigenvalue weighted by atomic mass is 10.2. The molecule has 0 fully saturated rings. The second kappa shape index (κ2) is 7.17. The molecule has 0 N–H and O–H groups in total. The molecule has 0 saturated carbocycles. The summed E-state index contributed by atoms with van der Waals surface area (Å²) in [5.74, 6) is -0.385. The number of carbonyl (C=O) groups is 1. The van der Waals surface area contributed by atoms with Crippen molar-refractivity contribution in [1.82, 2.24) is 9.97 Å². The van der Waals surface area contributed by atoms with E-state index in [-0.39, 0.29) is 29.9 Å². The van der Waals surface area contributed by atoms with E-state index in [4.69, 9.17) is 14.2 Å². The molecule has 0 unspecified atom stereocenters. The first-order valence-electron chi connectivity index (χ1n) is 6.11. The summed E-state index contributed by atoms with van der Waals surface area (Å²) in [6, 6.07) is 4.76. The molecule has 6 nitrogen and oxygen atoms in total. The van der Waals surface area contributed by atoms with Crippen LogP contribution >= 0.6 is 15.9 Å². The minimum atomic E-state index is -0.425. The first-order chi connectivity index (χ1) is 10.6. The minimum absolute atomic E-state index is 0.0200.